The Morgan fingerprint density at radius 2 is 1.72 bits per heavy atom. The van der Waals surface area contributed by atoms with Crippen LogP contribution in [0.15, 0.2) is 89.7 Å². The Morgan fingerprint density at radius 3 is 2.51 bits per heavy atom. The molecule has 4 aromatic rings. The molecule has 1 saturated heterocycles. The molecule has 3 aromatic carbocycles. The zero-order valence-electron chi connectivity index (χ0n) is 24.0. The summed E-state index contributed by atoms with van der Waals surface area (Å²) < 4.78 is 1.90. The number of anilines is 3. The van der Waals surface area contributed by atoms with Crippen molar-refractivity contribution in [1.29, 1.82) is 0 Å². The highest BCUT2D eigenvalue weighted by atomic mass is 35.5. The molecule has 0 radical (unpaired) electrons. The highest BCUT2D eigenvalue weighted by Crippen LogP contribution is 2.39. The molecule has 2 aliphatic heterocycles. The lowest BCUT2D eigenvalue weighted by molar-refractivity contribution is 0.0951. The molecule has 6 rings (SSSR count). The maximum Gasteiger partial charge on any atom is 0.323 e. The quantitative estimate of drug-likeness (QED) is 0.235. The molecule has 3 N–H and O–H groups in total. The standard InChI is InChI=1S/C34H34ClN5O3/c1-2-22-10-13-27(14-11-22)37-34(43)38-29-17-24(33(42)36-18-25-6-3-4-7-28(25)35)12-15-31(29)39-19-23-16-26(21-39)30-8-5-9-32(41)40(30)20-23/h3-15,17,23,26H,2,16,18-21H2,1H3,(H,36,42)(H2,37,38,43)/t23-,26+/m1/s1. The average Bonchev–Trinajstić information content (AvgIpc) is 3.01. The fourth-order valence-corrected chi connectivity index (χ4v) is 6.38. The fourth-order valence-electron chi connectivity index (χ4n) is 6.17. The molecule has 2 bridgehead atoms. The molecule has 8 nitrogen and oxygen atoms in total. The van der Waals surface area contributed by atoms with E-state index in [0.29, 0.717) is 41.0 Å². The van der Waals surface area contributed by atoms with Crippen LogP contribution in [0.2, 0.25) is 5.02 Å². The Labute approximate surface area is 255 Å². The van der Waals surface area contributed by atoms with Gasteiger partial charge in [0.2, 0.25) is 0 Å². The van der Waals surface area contributed by atoms with E-state index in [1.165, 1.54) is 5.56 Å². The highest BCUT2D eigenvalue weighted by Gasteiger charge is 2.35. The number of urea groups is 1. The number of amides is 3. The van der Waals surface area contributed by atoms with Crippen LogP contribution in [0.4, 0.5) is 21.9 Å². The lowest BCUT2D eigenvalue weighted by Crippen LogP contribution is -2.47. The van der Waals surface area contributed by atoms with E-state index in [4.69, 9.17) is 11.6 Å². The fraction of sp³-hybridized carbons (Fsp3) is 0.265. The van der Waals surface area contributed by atoms with Gasteiger partial charge < -0.3 is 25.4 Å². The summed E-state index contributed by atoms with van der Waals surface area (Å²) in [5, 5.41) is 9.44. The molecule has 0 unspecified atom stereocenters. The molecule has 2 atom stereocenters. The van der Waals surface area contributed by atoms with Gasteiger partial charge in [-0.25, -0.2) is 4.79 Å². The van der Waals surface area contributed by atoms with Crippen molar-refractivity contribution in [3.8, 4) is 0 Å². The van der Waals surface area contributed by atoms with Crippen LogP contribution < -0.4 is 26.4 Å². The van der Waals surface area contributed by atoms with E-state index in [2.05, 4.69) is 27.8 Å². The molecule has 9 heteroatoms. The third-order valence-corrected chi connectivity index (χ3v) is 8.71. The first kappa shape index (κ1) is 28.6. The molecule has 3 heterocycles. The molecular formula is C34H34ClN5O3. The van der Waals surface area contributed by atoms with Crippen LogP contribution in [0, 0.1) is 5.92 Å². The van der Waals surface area contributed by atoms with Crippen LogP contribution in [-0.2, 0) is 19.5 Å². The number of aryl methyl sites for hydroxylation is 1. The molecular weight excluding hydrogens is 562 g/mol. The smallest absolute Gasteiger partial charge is 0.323 e. The molecule has 0 aliphatic carbocycles. The van der Waals surface area contributed by atoms with Crippen molar-refractivity contribution in [3.63, 3.8) is 0 Å². The van der Waals surface area contributed by atoms with Crippen LogP contribution in [0.25, 0.3) is 0 Å². The lowest BCUT2D eigenvalue weighted by atomic mass is 9.83. The Bertz CT molecular complexity index is 1720. The summed E-state index contributed by atoms with van der Waals surface area (Å²) in [5.74, 6) is 0.219. The second kappa shape index (κ2) is 12.4. The first-order chi connectivity index (χ1) is 20.9. The number of carbonyl (C=O) groups is 2. The van der Waals surface area contributed by atoms with Crippen molar-refractivity contribution in [2.24, 2.45) is 5.92 Å². The van der Waals surface area contributed by atoms with Crippen LogP contribution in [0.3, 0.4) is 0 Å². The van der Waals surface area contributed by atoms with Gasteiger partial charge >= 0.3 is 6.03 Å². The topological polar surface area (TPSA) is 95.5 Å². The second-order valence-electron chi connectivity index (χ2n) is 11.2. The van der Waals surface area contributed by atoms with Gasteiger partial charge in [-0.3, -0.25) is 9.59 Å². The predicted octanol–water partition coefficient (Wildman–Crippen LogP) is 6.26. The minimum absolute atomic E-state index is 0.0406. The molecule has 3 amide bonds. The molecule has 1 fully saturated rings. The molecule has 0 saturated carbocycles. The number of pyridine rings is 1. The Hall–Kier alpha value is -4.56. The highest BCUT2D eigenvalue weighted by molar-refractivity contribution is 6.31. The molecule has 220 valence electrons. The van der Waals surface area contributed by atoms with E-state index in [1.54, 1.807) is 24.3 Å². The van der Waals surface area contributed by atoms with Gasteiger partial charge in [-0.05, 0) is 72.4 Å². The van der Waals surface area contributed by atoms with E-state index in [0.717, 1.165) is 36.3 Å². The number of fused-ring (bicyclic) bond motifs is 4. The van der Waals surface area contributed by atoms with Gasteiger partial charge in [0, 0.05) is 60.1 Å². The minimum Gasteiger partial charge on any atom is -0.369 e. The summed E-state index contributed by atoms with van der Waals surface area (Å²) in [5.41, 5.74) is 5.57. The summed E-state index contributed by atoms with van der Waals surface area (Å²) in [6.45, 7) is 4.48. The Balaban J connectivity index is 1.26. The van der Waals surface area contributed by atoms with Gasteiger partial charge in [-0.2, -0.15) is 0 Å². The molecule has 0 spiro atoms. The van der Waals surface area contributed by atoms with Gasteiger partial charge in [-0.15, -0.1) is 0 Å². The van der Waals surface area contributed by atoms with Crippen LogP contribution in [0.5, 0.6) is 0 Å². The number of hydrogen-bond donors (Lipinski definition) is 3. The van der Waals surface area contributed by atoms with Crippen molar-refractivity contribution in [2.75, 3.05) is 28.6 Å². The number of halogens is 1. The average molecular weight is 596 g/mol. The summed E-state index contributed by atoms with van der Waals surface area (Å²) in [7, 11) is 0. The Kier molecular flexibility index (Phi) is 8.20. The third-order valence-electron chi connectivity index (χ3n) is 8.34. The summed E-state index contributed by atoms with van der Waals surface area (Å²) in [4.78, 5) is 41.2. The zero-order chi connectivity index (χ0) is 29.9. The number of carbonyl (C=O) groups excluding carboxylic acids is 2. The molecule has 2 aliphatic rings. The predicted molar refractivity (Wildman–Crippen MR) is 171 cm³/mol. The second-order valence-corrected chi connectivity index (χ2v) is 11.6. The summed E-state index contributed by atoms with van der Waals surface area (Å²) >= 11 is 6.28. The van der Waals surface area contributed by atoms with Gasteiger partial charge in [0.1, 0.15) is 0 Å². The van der Waals surface area contributed by atoms with Crippen LogP contribution in [-0.4, -0.2) is 29.6 Å². The summed E-state index contributed by atoms with van der Waals surface area (Å²) in [6.07, 6.45) is 1.93. The SMILES string of the molecule is CCc1ccc(NC(=O)Nc2cc(C(=O)NCc3ccccc3Cl)ccc2N2C[C@H]3C[C@@H](C2)c2cccc(=O)n2C3)cc1. The first-order valence-corrected chi connectivity index (χ1v) is 15.0. The van der Waals surface area contributed by atoms with E-state index in [9.17, 15) is 14.4 Å². The Morgan fingerprint density at radius 1 is 0.907 bits per heavy atom. The van der Waals surface area contributed by atoms with Gasteiger partial charge in [-0.1, -0.05) is 54.9 Å². The van der Waals surface area contributed by atoms with E-state index < -0.39 is 6.03 Å². The number of rotatable bonds is 7. The number of hydrogen-bond acceptors (Lipinski definition) is 4. The number of benzene rings is 3. The normalized spacial score (nSPS) is 17.1. The van der Waals surface area contributed by atoms with Crippen LogP contribution >= 0.6 is 11.6 Å². The van der Waals surface area contributed by atoms with Crippen molar-refractivity contribution >= 4 is 40.6 Å². The van der Waals surface area contributed by atoms with Gasteiger partial charge in [0.15, 0.2) is 0 Å². The van der Waals surface area contributed by atoms with Gasteiger partial charge in [0.05, 0.1) is 11.4 Å². The minimum atomic E-state index is -0.395. The molecule has 43 heavy (non-hydrogen) atoms. The number of aromatic nitrogens is 1. The van der Waals surface area contributed by atoms with Gasteiger partial charge in [0.25, 0.3) is 11.5 Å². The summed E-state index contributed by atoms with van der Waals surface area (Å²) in [6, 6.07) is 25.6. The number of nitrogens with one attached hydrogen (secondary N) is 3. The zero-order valence-corrected chi connectivity index (χ0v) is 24.7. The maximum atomic E-state index is 13.2. The largest absolute Gasteiger partial charge is 0.369 e. The van der Waals surface area contributed by atoms with E-state index >= 15 is 0 Å². The third kappa shape index (κ3) is 6.29. The lowest BCUT2D eigenvalue weighted by Gasteiger charge is -2.44. The first-order valence-electron chi connectivity index (χ1n) is 14.6. The molecule has 1 aromatic heterocycles. The van der Waals surface area contributed by atoms with E-state index in [1.807, 2.05) is 65.2 Å². The van der Waals surface area contributed by atoms with Crippen molar-refractivity contribution in [3.05, 3.63) is 123 Å². The maximum absolute atomic E-state index is 13.2. The van der Waals surface area contributed by atoms with Crippen molar-refractivity contribution in [1.82, 2.24) is 9.88 Å². The van der Waals surface area contributed by atoms with Crippen molar-refractivity contribution < 1.29 is 9.59 Å². The van der Waals surface area contributed by atoms with Crippen molar-refractivity contribution in [2.45, 2.75) is 38.8 Å². The monoisotopic (exact) mass is 595 g/mol. The number of nitrogens with zero attached hydrogens (tertiary/aromatic N) is 2. The van der Waals surface area contributed by atoms with Crippen LogP contribution in [0.1, 0.15) is 46.4 Å². The number of piperidine rings is 1. The van der Waals surface area contributed by atoms with E-state index in [-0.39, 0.29) is 23.9 Å².